The Hall–Kier alpha value is -1.01. The largest absolute Gasteiger partial charge is 0.366 e. The van der Waals surface area contributed by atoms with Gasteiger partial charge in [0.2, 0.25) is 5.95 Å². The lowest BCUT2D eigenvalue weighted by molar-refractivity contribution is 0.765. The highest BCUT2D eigenvalue weighted by atomic mass is 32.2. The minimum atomic E-state index is 0.521. The van der Waals surface area contributed by atoms with Gasteiger partial charge in [-0.25, -0.2) is 4.98 Å². The van der Waals surface area contributed by atoms with Crippen LogP contribution in [0, 0.1) is 6.92 Å². The summed E-state index contributed by atoms with van der Waals surface area (Å²) in [5, 5.41) is 8.57. The number of aromatic nitrogens is 2. The first-order valence-electron chi connectivity index (χ1n) is 6.96. The van der Waals surface area contributed by atoms with Crippen LogP contribution in [0.5, 0.6) is 0 Å². The summed E-state index contributed by atoms with van der Waals surface area (Å²) < 4.78 is 0. The molecular weight excluding hydrogens is 288 g/mol. The van der Waals surface area contributed by atoms with E-state index in [0.29, 0.717) is 17.2 Å². The minimum Gasteiger partial charge on any atom is -0.366 e. The summed E-state index contributed by atoms with van der Waals surface area (Å²) in [5.41, 5.74) is 0. The third kappa shape index (κ3) is 2.59. The SMILES string of the molecule is CNc1nc(NC2CCCC2SC)c2cc(C)sc2n1. The van der Waals surface area contributed by atoms with Gasteiger partial charge in [-0.2, -0.15) is 16.7 Å². The maximum Gasteiger partial charge on any atom is 0.225 e. The second-order valence-corrected chi connectivity index (χ2v) is 7.49. The number of aryl methyl sites for hydroxylation is 1. The number of hydrogen-bond donors (Lipinski definition) is 2. The zero-order valence-electron chi connectivity index (χ0n) is 12.1. The molecule has 2 aromatic rings. The maximum absolute atomic E-state index is 4.63. The first-order valence-corrected chi connectivity index (χ1v) is 9.07. The Bertz CT molecular complexity index is 610. The number of fused-ring (bicyclic) bond motifs is 1. The number of hydrogen-bond acceptors (Lipinski definition) is 6. The zero-order chi connectivity index (χ0) is 14.1. The first-order chi connectivity index (χ1) is 9.71. The van der Waals surface area contributed by atoms with Crippen LogP contribution in [-0.2, 0) is 0 Å². The number of thioether (sulfide) groups is 1. The van der Waals surface area contributed by atoms with Crippen molar-refractivity contribution in [3.63, 3.8) is 0 Å². The van der Waals surface area contributed by atoms with Crippen LogP contribution in [0.2, 0.25) is 0 Å². The van der Waals surface area contributed by atoms with Crippen LogP contribution in [0.3, 0.4) is 0 Å². The molecule has 108 valence electrons. The van der Waals surface area contributed by atoms with E-state index in [1.165, 1.54) is 24.1 Å². The topological polar surface area (TPSA) is 49.8 Å². The van der Waals surface area contributed by atoms with Crippen molar-refractivity contribution in [1.29, 1.82) is 0 Å². The third-order valence-electron chi connectivity index (χ3n) is 3.82. The van der Waals surface area contributed by atoms with Gasteiger partial charge in [-0.3, -0.25) is 0 Å². The molecule has 2 atom stereocenters. The summed E-state index contributed by atoms with van der Waals surface area (Å²) in [6, 6.07) is 2.71. The fourth-order valence-corrected chi connectivity index (χ4v) is 4.63. The molecule has 0 radical (unpaired) electrons. The molecule has 2 unspecified atom stereocenters. The van der Waals surface area contributed by atoms with Crippen molar-refractivity contribution in [2.45, 2.75) is 37.5 Å². The molecule has 20 heavy (non-hydrogen) atoms. The van der Waals surface area contributed by atoms with Crippen LogP contribution in [-0.4, -0.2) is 34.6 Å². The molecule has 0 spiro atoms. The van der Waals surface area contributed by atoms with Gasteiger partial charge in [0.05, 0.1) is 5.39 Å². The molecule has 0 bridgehead atoms. The number of nitrogens with one attached hydrogen (secondary N) is 2. The normalized spacial score (nSPS) is 22.4. The van der Waals surface area contributed by atoms with Crippen LogP contribution in [0.4, 0.5) is 11.8 Å². The molecule has 0 saturated heterocycles. The van der Waals surface area contributed by atoms with Crippen molar-refractivity contribution in [3.05, 3.63) is 10.9 Å². The van der Waals surface area contributed by atoms with Gasteiger partial charge in [0.1, 0.15) is 10.6 Å². The Morgan fingerprint density at radius 2 is 2.20 bits per heavy atom. The molecule has 0 amide bonds. The van der Waals surface area contributed by atoms with E-state index in [1.54, 1.807) is 11.3 Å². The fourth-order valence-electron chi connectivity index (χ4n) is 2.81. The fraction of sp³-hybridized carbons (Fsp3) is 0.571. The number of nitrogens with zero attached hydrogens (tertiary/aromatic N) is 2. The quantitative estimate of drug-likeness (QED) is 0.901. The van der Waals surface area contributed by atoms with Crippen LogP contribution in [0.25, 0.3) is 10.2 Å². The standard InChI is InChI=1S/C14H20N4S2/c1-8-7-9-12(16-10-5-4-6-11(10)19-3)17-14(15-2)18-13(9)20-8/h7,10-11H,4-6H2,1-3H3,(H2,15,16,17,18). The van der Waals surface area contributed by atoms with Crippen LogP contribution in [0.1, 0.15) is 24.1 Å². The van der Waals surface area contributed by atoms with E-state index in [-0.39, 0.29) is 0 Å². The maximum atomic E-state index is 4.63. The highest BCUT2D eigenvalue weighted by molar-refractivity contribution is 7.99. The van der Waals surface area contributed by atoms with Gasteiger partial charge in [-0.1, -0.05) is 6.42 Å². The average molecular weight is 308 g/mol. The monoisotopic (exact) mass is 308 g/mol. The van der Waals surface area contributed by atoms with E-state index in [1.807, 2.05) is 18.8 Å². The molecule has 1 fully saturated rings. The predicted molar refractivity (Wildman–Crippen MR) is 90.3 cm³/mol. The summed E-state index contributed by atoms with van der Waals surface area (Å²) in [5.74, 6) is 1.68. The lowest BCUT2D eigenvalue weighted by Crippen LogP contribution is -2.26. The Morgan fingerprint density at radius 1 is 1.35 bits per heavy atom. The molecular formula is C14H20N4S2. The summed E-state index contributed by atoms with van der Waals surface area (Å²) in [6.07, 6.45) is 6.04. The second kappa shape index (κ2) is 5.77. The number of anilines is 2. The summed E-state index contributed by atoms with van der Waals surface area (Å²) >= 11 is 3.69. The van der Waals surface area contributed by atoms with Gasteiger partial charge in [-0.15, -0.1) is 11.3 Å². The van der Waals surface area contributed by atoms with E-state index >= 15 is 0 Å². The molecule has 2 heterocycles. The average Bonchev–Trinajstić information content (AvgIpc) is 3.03. The molecule has 0 aromatic carbocycles. The van der Waals surface area contributed by atoms with E-state index in [4.69, 9.17) is 0 Å². The van der Waals surface area contributed by atoms with Gasteiger partial charge in [0.25, 0.3) is 0 Å². The van der Waals surface area contributed by atoms with E-state index < -0.39 is 0 Å². The van der Waals surface area contributed by atoms with Gasteiger partial charge in [0, 0.05) is 23.2 Å². The van der Waals surface area contributed by atoms with Gasteiger partial charge < -0.3 is 10.6 Å². The Morgan fingerprint density at radius 3 is 2.95 bits per heavy atom. The van der Waals surface area contributed by atoms with Crippen molar-refractivity contribution < 1.29 is 0 Å². The van der Waals surface area contributed by atoms with E-state index in [2.05, 4.69) is 39.8 Å². The molecule has 1 saturated carbocycles. The highest BCUT2D eigenvalue weighted by Gasteiger charge is 2.27. The van der Waals surface area contributed by atoms with Crippen molar-refractivity contribution in [2.75, 3.05) is 23.9 Å². The molecule has 6 heteroatoms. The summed E-state index contributed by atoms with van der Waals surface area (Å²) in [6.45, 7) is 2.12. The van der Waals surface area contributed by atoms with Crippen LogP contribution in [0.15, 0.2) is 6.07 Å². The van der Waals surface area contributed by atoms with Gasteiger partial charge in [-0.05, 0) is 32.1 Å². The molecule has 3 rings (SSSR count). The van der Waals surface area contributed by atoms with Crippen molar-refractivity contribution in [1.82, 2.24) is 9.97 Å². The Balaban J connectivity index is 1.96. The van der Waals surface area contributed by atoms with Crippen molar-refractivity contribution >= 4 is 45.1 Å². The zero-order valence-corrected chi connectivity index (χ0v) is 13.7. The van der Waals surface area contributed by atoms with Crippen LogP contribution < -0.4 is 10.6 Å². The second-order valence-electron chi connectivity index (χ2n) is 5.18. The molecule has 4 nitrogen and oxygen atoms in total. The van der Waals surface area contributed by atoms with Gasteiger partial charge in [0.15, 0.2) is 0 Å². The molecule has 1 aliphatic carbocycles. The first kappa shape index (κ1) is 13.9. The van der Waals surface area contributed by atoms with Gasteiger partial charge >= 0.3 is 0 Å². The lowest BCUT2D eigenvalue weighted by Gasteiger charge is -2.20. The predicted octanol–water partition coefficient (Wildman–Crippen LogP) is 3.74. The summed E-state index contributed by atoms with van der Waals surface area (Å²) in [7, 11) is 1.87. The molecule has 0 aliphatic heterocycles. The van der Waals surface area contributed by atoms with Crippen molar-refractivity contribution in [2.24, 2.45) is 0 Å². The number of rotatable bonds is 4. The lowest BCUT2D eigenvalue weighted by atomic mass is 10.2. The summed E-state index contributed by atoms with van der Waals surface area (Å²) in [4.78, 5) is 11.5. The van der Waals surface area contributed by atoms with E-state index in [0.717, 1.165) is 16.0 Å². The number of thiophene rings is 1. The van der Waals surface area contributed by atoms with E-state index in [9.17, 15) is 0 Å². The smallest absolute Gasteiger partial charge is 0.225 e. The molecule has 2 N–H and O–H groups in total. The Kier molecular flexibility index (Phi) is 4.03. The third-order valence-corrected chi connectivity index (χ3v) is 5.93. The minimum absolute atomic E-state index is 0.521. The van der Waals surface area contributed by atoms with Crippen molar-refractivity contribution in [3.8, 4) is 0 Å². The Labute approximate surface area is 127 Å². The highest BCUT2D eigenvalue weighted by Crippen LogP contribution is 2.34. The molecule has 1 aliphatic rings. The molecule has 2 aromatic heterocycles. The van der Waals surface area contributed by atoms with Crippen LogP contribution >= 0.6 is 23.1 Å².